The molecule has 122 valence electrons. The second kappa shape index (κ2) is 6.02. The molecule has 2 aromatic carbocycles. The molecule has 0 spiro atoms. The standard InChI is InChI=1S/C18H14F2N2OS/c19-12-1-4-14(5-2-12)22-17(23)9-11-7-8-24-16-6-3-13(20)10-15(16)18(11)21-22/h1-6,10-11H,7-9H2. The van der Waals surface area contributed by atoms with Crippen LogP contribution in [0.15, 0.2) is 52.5 Å². The summed E-state index contributed by atoms with van der Waals surface area (Å²) in [5.74, 6) is 0.0477. The minimum Gasteiger partial charge on any atom is -0.273 e. The highest BCUT2D eigenvalue weighted by atomic mass is 32.2. The first-order valence-electron chi connectivity index (χ1n) is 7.71. The number of fused-ring (bicyclic) bond motifs is 3. The van der Waals surface area contributed by atoms with Crippen LogP contribution in [0.1, 0.15) is 18.4 Å². The molecule has 2 aliphatic rings. The number of carbonyl (C=O) groups is 1. The molecule has 0 saturated heterocycles. The molecule has 0 radical (unpaired) electrons. The van der Waals surface area contributed by atoms with Crippen LogP contribution < -0.4 is 5.01 Å². The Labute approximate surface area is 142 Å². The van der Waals surface area contributed by atoms with Crippen molar-refractivity contribution in [1.82, 2.24) is 0 Å². The molecule has 0 saturated carbocycles. The lowest BCUT2D eigenvalue weighted by molar-refractivity contribution is -0.119. The van der Waals surface area contributed by atoms with Gasteiger partial charge in [-0.05, 0) is 54.6 Å². The molecule has 0 bridgehead atoms. The maximum atomic E-state index is 13.7. The number of halogens is 2. The summed E-state index contributed by atoms with van der Waals surface area (Å²) in [7, 11) is 0. The summed E-state index contributed by atoms with van der Waals surface area (Å²) >= 11 is 1.66. The van der Waals surface area contributed by atoms with Crippen molar-refractivity contribution in [2.24, 2.45) is 11.0 Å². The summed E-state index contributed by atoms with van der Waals surface area (Å²) in [6.07, 6.45) is 1.15. The predicted octanol–water partition coefficient (Wildman–Crippen LogP) is 4.22. The van der Waals surface area contributed by atoms with Crippen LogP contribution in [-0.2, 0) is 4.79 Å². The second-order valence-corrected chi connectivity index (χ2v) is 6.98. The van der Waals surface area contributed by atoms with Gasteiger partial charge in [-0.25, -0.2) is 13.8 Å². The lowest BCUT2D eigenvalue weighted by Crippen LogP contribution is -2.37. The average molecular weight is 344 g/mol. The minimum atomic E-state index is -0.368. The minimum absolute atomic E-state index is 0.00949. The lowest BCUT2D eigenvalue weighted by atomic mass is 9.90. The van der Waals surface area contributed by atoms with E-state index in [9.17, 15) is 13.6 Å². The van der Waals surface area contributed by atoms with E-state index in [1.54, 1.807) is 17.8 Å². The Morgan fingerprint density at radius 1 is 1.08 bits per heavy atom. The average Bonchev–Trinajstić information content (AvgIpc) is 2.74. The predicted molar refractivity (Wildman–Crippen MR) is 90.3 cm³/mol. The number of rotatable bonds is 1. The molecule has 4 rings (SSSR count). The summed E-state index contributed by atoms with van der Waals surface area (Å²) in [5.41, 5.74) is 2.00. The van der Waals surface area contributed by atoms with Crippen LogP contribution in [0.25, 0.3) is 0 Å². The summed E-state index contributed by atoms with van der Waals surface area (Å²) < 4.78 is 26.9. The molecule has 24 heavy (non-hydrogen) atoms. The van der Waals surface area contributed by atoms with Crippen LogP contribution >= 0.6 is 11.8 Å². The number of anilines is 1. The number of amides is 1. The Bertz CT molecular complexity index is 835. The first-order chi connectivity index (χ1) is 11.6. The van der Waals surface area contributed by atoms with Gasteiger partial charge in [0.1, 0.15) is 11.6 Å². The third-order valence-corrected chi connectivity index (χ3v) is 5.37. The first-order valence-corrected chi connectivity index (χ1v) is 8.70. The van der Waals surface area contributed by atoms with Gasteiger partial charge >= 0.3 is 0 Å². The molecular formula is C18H14F2N2OS. The topological polar surface area (TPSA) is 32.7 Å². The van der Waals surface area contributed by atoms with E-state index in [2.05, 4.69) is 5.10 Å². The van der Waals surface area contributed by atoms with Crippen LogP contribution in [0.4, 0.5) is 14.5 Å². The molecular weight excluding hydrogens is 330 g/mol. The van der Waals surface area contributed by atoms with E-state index in [-0.39, 0.29) is 23.5 Å². The molecule has 2 heterocycles. The Balaban J connectivity index is 1.82. The van der Waals surface area contributed by atoms with Gasteiger partial charge in [0.25, 0.3) is 0 Å². The normalized spacial score (nSPS) is 20.1. The Kier molecular flexibility index (Phi) is 3.84. The number of nitrogens with zero attached hydrogens (tertiary/aromatic N) is 2. The Morgan fingerprint density at radius 2 is 1.83 bits per heavy atom. The van der Waals surface area contributed by atoms with Crippen LogP contribution in [0.2, 0.25) is 0 Å². The molecule has 3 nitrogen and oxygen atoms in total. The molecule has 2 aliphatic heterocycles. The number of hydrogen-bond donors (Lipinski definition) is 0. The smallest absolute Gasteiger partial charge is 0.248 e. The fourth-order valence-corrected chi connectivity index (χ4v) is 4.18. The second-order valence-electron chi connectivity index (χ2n) is 5.85. The van der Waals surface area contributed by atoms with E-state index < -0.39 is 0 Å². The zero-order valence-corrected chi connectivity index (χ0v) is 13.5. The SMILES string of the molecule is O=C1CC2CCSc3ccc(F)cc3C2=NN1c1ccc(F)cc1. The molecule has 6 heteroatoms. The van der Waals surface area contributed by atoms with E-state index in [0.717, 1.165) is 28.3 Å². The molecule has 0 aliphatic carbocycles. The van der Waals surface area contributed by atoms with Crippen LogP contribution in [0.5, 0.6) is 0 Å². The third kappa shape index (κ3) is 2.71. The Hall–Kier alpha value is -2.21. The zero-order chi connectivity index (χ0) is 16.7. The zero-order valence-electron chi connectivity index (χ0n) is 12.7. The van der Waals surface area contributed by atoms with Gasteiger partial charge in [0.2, 0.25) is 5.91 Å². The van der Waals surface area contributed by atoms with Crippen molar-refractivity contribution in [2.75, 3.05) is 10.8 Å². The molecule has 1 unspecified atom stereocenters. The monoisotopic (exact) mass is 344 g/mol. The number of thioether (sulfide) groups is 1. The highest BCUT2D eigenvalue weighted by Gasteiger charge is 2.33. The van der Waals surface area contributed by atoms with Crippen molar-refractivity contribution in [1.29, 1.82) is 0 Å². The molecule has 0 fully saturated rings. The van der Waals surface area contributed by atoms with Crippen molar-refractivity contribution in [2.45, 2.75) is 17.7 Å². The lowest BCUT2D eigenvalue weighted by Gasteiger charge is -2.28. The highest BCUT2D eigenvalue weighted by molar-refractivity contribution is 7.99. The molecule has 1 amide bonds. The van der Waals surface area contributed by atoms with Gasteiger partial charge in [-0.1, -0.05) is 0 Å². The van der Waals surface area contributed by atoms with Gasteiger partial charge in [0.05, 0.1) is 11.4 Å². The van der Waals surface area contributed by atoms with Gasteiger partial charge in [-0.15, -0.1) is 11.8 Å². The fraction of sp³-hybridized carbons (Fsp3) is 0.222. The molecule has 0 N–H and O–H groups in total. The van der Waals surface area contributed by atoms with Crippen LogP contribution in [-0.4, -0.2) is 17.4 Å². The van der Waals surface area contributed by atoms with Crippen molar-refractivity contribution in [3.05, 3.63) is 59.7 Å². The summed E-state index contributed by atoms with van der Waals surface area (Å²) in [6, 6.07) is 10.3. The van der Waals surface area contributed by atoms with Crippen LogP contribution in [0.3, 0.4) is 0 Å². The van der Waals surface area contributed by atoms with Gasteiger partial charge in [0, 0.05) is 22.8 Å². The van der Waals surface area contributed by atoms with E-state index in [1.807, 2.05) is 0 Å². The van der Waals surface area contributed by atoms with Crippen molar-refractivity contribution in [3.8, 4) is 0 Å². The van der Waals surface area contributed by atoms with E-state index in [4.69, 9.17) is 0 Å². The van der Waals surface area contributed by atoms with Crippen molar-refractivity contribution >= 4 is 29.1 Å². The number of benzene rings is 2. The van der Waals surface area contributed by atoms with Crippen LogP contribution in [0, 0.1) is 17.6 Å². The Morgan fingerprint density at radius 3 is 2.62 bits per heavy atom. The quantitative estimate of drug-likeness (QED) is 0.776. The summed E-state index contributed by atoms with van der Waals surface area (Å²) in [4.78, 5) is 13.4. The summed E-state index contributed by atoms with van der Waals surface area (Å²) in [5, 5.41) is 5.83. The van der Waals surface area contributed by atoms with Gasteiger partial charge in [0.15, 0.2) is 0 Å². The van der Waals surface area contributed by atoms with Gasteiger partial charge in [-0.3, -0.25) is 4.79 Å². The van der Waals surface area contributed by atoms with Gasteiger partial charge < -0.3 is 0 Å². The van der Waals surface area contributed by atoms with Gasteiger partial charge in [-0.2, -0.15) is 5.10 Å². The van der Waals surface area contributed by atoms with E-state index in [1.165, 1.54) is 41.4 Å². The van der Waals surface area contributed by atoms with Crippen molar-refractivity contribution in [3.63, 3.8) is 0 Å². The molecule has 0 aromatic heterocycles. The number of hydrazone groups is 1. The number of carbonyl (C=O) groups excluding carboxylic acids is 1. The van der Waals surface area contributed by atoms with E-state index in [0.29, 0.717) is 12.1 Å². The maximum Gasteiger partial charge on any atom is 0.248 e. The maximum absolute atomic E-state index is 13.7. The van der Waals surface area contributed by atoms with E-state index >= 15 is 0 Å². The summed E-state index contributed by atoms with van der Waals surface area (Å²) in [6.45, 7) is 0. The van der Waals surface area contributed by atoms with Crippen molar-refractivity contribution < 1.29 is 13.6 Å². The highest BCUT2D eigenvalue weighted by Crippen LogP contribution is 2.36. The third-order valence-electron chi connectivity index (χ3n) is 4.26. The fourth-order valence-electron chi connectivity index (χ4n) is 3.08. The number of hydrogen-bond acceptors (Lipinski definition) is 3. The molecule has 1 atom stereocenters. The first kappa shape index (κ1) is 15.3. The largest absolute Gasteiger partial charge is 0.273 e. The molecule has 2 aromatic rings.